The van der Waals surface area contributed by atoms with Crippen molar-refractivity contribution < 1.29 is 27.3 Å². The van der Waals surface area contributed by atoms with Crippen molar-refractivity contribution in [3.63, 3.8) is 0 Å². The van der Waals surface area contributed by atoms with Crippen LogP contribution in [0.15, 0.2) is 72.8 Å². The van der Waals surface area contributed by atoms with Gasteiger partial charge in [0, 0.05) is 36.2 Å². The highest BCUT2D eigenvalue weighted by atomic mass is 32.2. The first-order valence-corrected chi connectivity index (χ1v) is 15.0. The Morgan fingerprint density at radius 2 is 1.64 bits per heavy atom. The number of nitro groups is 1. The molecule has 1 N–H and O–H groups in total. The predicted octanol–water partition coefficient (Wildman–Crippen LogP) is 4.36. The number of hydrogen-bond acceptors (Lipinski definition) is 6. The number of non-ortho nitro benzene ring substituents is 1. The molecule has 0 radical (unpaired) electrons. The highest BCUT2D eigenvalue weighted by Gasteiger charge is 2.35. The topological polar surface area (TPSA) is 130 Å². The highest BCUT2D eigenvalue weighted by Crippen LogP contribution is 2.28. The molecule has 3 aromatic carbocycles. The molecule has 0 aliphatic rings. The SMILES string of the molecule is Cc1ccc([N+](=O)[O-])cc1N(CC(=O)N(Cc1ccccc1F)[C@@H](Cc1ccccc1)C(=O)NC(C)(C)C)S(C)(=O)=O. The molecule has 0 bridgehead atoms. The molecule has 0 saturated carbocycles. The zero-order chi connectivity index (χ0) is 31.2. The van der Waals surface area contributed by atoms with Gasteiger partial charge in [-0.05, 0) is 44.9 Å². The van der Waals surface area contributed by atoms with E-state index in [9.17, 15) is 32.5 Å². The predicted molar refractivity (Wildman–Crippen MR) is 159 cm³/mol. The second-order valence-electron chi connectivity index (χ2n) is 11.1. The van der Waals surface area contributed by atoms with Gasteiger partial charge in [-0.15, -0.1) is 0 Å². The van der Waals surface area contributed by atoms with Gasteiger partial charge in [0.05, 0.1) is 16.9 Å². The first-order chi connectivity index (χ1) is 19.6. The largest absolute Gasteiger partial charge is 0.350 e. The third-order valence-corrected chi connectivity index (χ3v) is 7.55. The van der Waals surface area contributed by atoms with Gasteiger partial charge in [0.2, 0.25) is 21.8 Å². The van der Waals surface area contributed by atoms with Crippen molar-refractivity contribution in [3.8, 4) is 0 Å². The van der Waals surface area contributed by atoms with Crippen molar-refractivity contribution in [2.24, 2.45) is 0 Å². The molecule has 0 aliphatic carbocycles. The van der Waals surface area contributed by atoms with E-state index in [4.69, 9.17) is 0 Å². The number of nitrogens with zero attached hydrogens (tertiary/aromatic N) is 3. The van der Waals surface area contributed by atoms with Crippen molar-refractivity contribution in [1.29, 1.82) is 0 Å². The standard InChI is InChI=1S/C30H35FN4O6S/c1-21-15-16-24(35(38)39)18-26(21)34(42(5,40)41)20-28(36)33(19-23-13-9-10-14-25(23)31)27(29(37)32-30(2,3)4)17-22-11-7-6-8-12-22/h6-16,18,27H,17,19-20H2,1-5H3,(H,32,37)/t27-/m0/s1. The van der Waals surface area contributed by atoms with Gasteiger partial charge in [-0.3, -0.25) is 24.0 Å². The van der Waals surface area contributed by atoms with Crippen LogP contribution < -0.4 is 9.62 Å². The smallest absolute Gasteiger partial charge is 0.271 e. The third kappa shape index (κ3) is 8.59. The molecule has 3 aromatic rings. The molecule has 0 fully saturated rings. The van der Waals surface area contributed by atoms with Crippen LogP contribution in [0.1, 0.15) is 37.5 Å². The summed E-state index contributed by atoms with van der Waals surface area (Å²) in [6.07, 6.45) is 0.950. The van der Waals surface area contributed by atoms with Gasteiger partial charge >= 0.3 is 0 Å². The number of rotatable bonds is 11. The number of carbonyl (C=O) groups is 2. The summed E-state index contributed by atoms with van der Waals surface area (Å²) in [5.41, 5.74) is 0.164. The number of amides is 2. The Morgan fingerprint density at radius 1 is 1.02 bits per heavy atom. The average Bonchev–Trinajstić information content (AvgIpc) is 2.89. The molecule has 0 aliphatic heterocycles. The normalized spacial score (nSPS) is 12.3. The Bertz CT molecular complexity index is 1560. The Kier molecular flexibility index (Phi) is 10.1. The van der Waals surface area contributed by atoms with Gasteiger partial charge in [-0.25, -0.2) is 12.8 Å². The molecule has 224 valence electrons. The molecular weight excluding hydrogens is 563 g/mol. The van der Waals surface area contributed by atoms with Crippen LogP contribution in [-0.4, -0.2) is 54.4 Å². The summed E-state index contributed by atoms with van der Waals surface area (Å²) in [5, 5.41) is 14.3. The van der Waals surface area contributed by atoms with Gasteiger partial charge < -0.3 is 10.2 Å². The maximum Gasteiger partial charge on any atom is 0.271 e. The van der Waals surface area contributed by atoms with E-state index in [0.29, 0.717) is 5.56 Å². The molecule has 3 rings (SSSR count). The van der Waals surface area contributed by atoms with Crippen LogP contribution in [0.4, 0.5) is 15.8 Å². The van der Waals surface area contributed by atoms with Gasteiger partial charge in [-0.2, -0.15) is 0 Å². The summed E-state index contributed by atoms with van der Waals surface area (Å²) < 4.78 is 41.6. The molecule has 1 atom stereocenters. The second kappa shape index (κ2) is 13.1. The number of nitrogens with one attached hydrogen (secondary N) is 1. The van der Waals surface area contributed by atoms with E-state index in [1.165, 1.54) is 30.3 Å². The van der Waals surface area contributed by atoms with Crippen LogP contribution >= 0.6 is 0 Å². The van der Waals surface area contributed by atoms with E-state index in [1.807, 2.05) is 0 Å². The number of sulfonamides is 1. The molecule has 0 spiro atoms. The van der Waals surface area contributed by atoms with Gasteiger partial charge in [0.15, 0.2) is 0 Å². The van der Waals surface area contributed by atoms with Crippen LogP contribution in [-0.2, 0) is 32.6 Å². The molecule has 0 heterocycles. The lowest BCUT2D eigenvalue weighted by Crippen LogP contribution is -2.56. The molecule has 0 aromatic heterocycles. The molecule has 0 saturated heterocycles. The fourth-order valence-corrected chi connectivity index (χ4v) is 5.29. The van der Waals surface area contributed by atoms with Crippen molar-refractivity contribution >= 4 is 33.2 Å². The monoisotopic (exact) mass is 598 g/mol. The molecule has 2 amide bonds. The van der Waals surface area contributed by atoms with Crippen LogP contribution in [0.2, 0.25) is 0 Å². The lowest BCUT2D eigenvalue weighted by atomic mass is 10.0. The summed E-state index contributed by atoms with van der Waals surface area (Å²) in [5.74, 6) is -1.90. The van der Waals surface area contributed by atoms with Gasteiger partial charge in [0.25, 0.3) is 5.69 Å². The minimum atomic E-state index is -4.14. The number of anilines is 1. The number of carbonyl (C=O) groups excluding carboxylic acids is 2. The van der Waals surface area contributed by atoms with Crippen LogP contribution in [0, 0.1) is 22.9 Å². The Hall–Kier alpha value is -4.32. The van der Waals surface area contributed by atoms with Crippen LogP contribution in [0.25, 0.3) is 0 Å². The quantitative estimate of drug-likeness (QED) is 0.258. The van der Waals surface area contributed by atoms with E-state index < -0.39 is 50.7 Å². The lowest BCUT2D eigenvalue weighted by molar-refractivity contribution is -0.384. The maximum atomic E-state index is 14.9. The van der Waals surface area contributed by atoms with Crippen LogP contribution in [0.5, 0.6) is 0 Å². The van der Waals surface area contributed by atoms with E-state index in [1.54, 1.807) is 64.1 Å². The maximum absolute atomic E-state index is 14.9. The minimum absolute atomic E-state index is 0.0513. The number of hydrogen-bond donors (Lipinski definition) is 1. The summed E-state index contributed by atoms with van der Waals surface area (Å²) in [6, 6.07) is 17.3. The molecular formula is C30H35FN4O6S. The molecule has 42 heavy (non-hydrogen) atoms. The fourth-order valence-electron chi connectivity index (χ4n) is 4.39. The summed E-state index contributed by atoms with van der Waals surface area (Å²) >= 11 is 0. The fraction of sp³-hybridized carbons (Fsp3) is 0.333. The number of nitro benzene ring substituents is 1. The Labute approximate surface area is 245 Å². The molecule has 10 nitrogen and oxygen atoms in total. The summed E-state index contributed by atoms with van der Waals surface area (Å²) in [6.45, 7) is 5.81. The minimum Gasteiger partial charge on any atom is -0.350 e. The van der Waals surface area contributed by atoms with E-state index >= 15 is 0 Å². The van der Waals surface area contributed by atoms with Gasteiger partial charge in [-0.1, -0.05) is 54.6 Å². The van der Waals surface area contributed by atoms with Crippen molar-refractivity contribution in [2.75, 3.05) is 17.1 Å². The first kappa shape index (κ1) is 32.2. The van der Waals surface area contributed by atoms with Crippen molar-refractivity contribution in [1.82, 2.24) is 10.2 Å². The Morgan fingerprint density at radius 3 is 2.21 bits per heavy atom. The van der Waals surface area contributed by atoms with Gasteiger partial charge in [0.1, 0.15) is 18.4 Å². The van der Waals surface area contributed by atoms with Crippen molar-refractivity contribution in [2.45, 2.75) is 52.2 Å². The molecule has 12 heteroatoms. The highest BCUT2D eigenvalue weighted by molar-refractivity contribution is 7.92. The average molecular weight is 599 g/mol. The van der Waals surface area contributed by atoms with Crippen molar-refractivity contribution in [3.05, 3.63) is 105 Å². The van der Waals surface area contributed by atoms with Crippen LogP contribution in [0.3, 0.4) is 0 Å². The van der Waals surface area contributed by atoms with E-state index in [2.05, 4.69) is 5.32 Å². The number of halogens is 1. The molecule has 0 unspecified atom stereocenters. The Balaban J connectivity index is 2.14. The second-order valence-corrected chi connectivity index (χ2v) is 13.0. The lowest BCUT2D eigenvalue weighted by Gasteiger charge is -2.35. The zero-order valence-electron chi connectivity index (χ0n) is 24.2. The summed E-state index contributed by atoms with van der Waals surface area (Å²) in [4.78, 5) is 39.7. The van der Waals surface area contributed by atoms with E-state index in [0.717, 1.165) is 27.1 Å². The summed E-state index contributed by atoms with van der Waals surface area (Å²) in [7, 11) is -4.14. The number of aryl methyl sites for hydroxylation is 1. The zero-order valence-corrected chi connectivity index (χ0v) is 25.0. The first-order valence-electron chi connectivity index (χ1n) is 13.2. The van der Waals surface area contributed by atoms with E-state index in [-0.39, 0.29) is 29.9 Å². The number of benzene rings is 3. The third-order valence-electron chi connectivity index (χ3n) is 6.42.